The second kappa shape index (κ2) is 6.13. The first-order chi connectivity index (χ1) is 7.17. The molecule has 2 nitrogen and oxygen atoms in total. The molecule has 0 heterocycles. The van der Waals surface area contributed by atoms with Gasteiger partial charge in [0.05, 0.1) is 6.61 Å². The van der Waals surface area contributed by atoms with Crippen molar-refractivity contribution in [2.24, 2.45) is 0 Å². The van der Waals surface area contributed by atoms with E-state index in [1.165, 1.54) is 5.56 Å². The van der Waals surface area contributed by atoms with Gasteiger partial charge in [-0.15, -0.1) is 0 Å². The molecule has 0 fully saturated rings. The van der Waals surface area contributed by atoms with Gasteiger partial charge in [0.2, 0.25) is 0 Å². The summed E-state index contributed by atoms with van der Waals surface area (Å²) in [6, 6.07) is 6.68. The highest BCUT2D eigenvalue weighted by Crippen LogP contribution is 2.24. The number of aryl methyl sites for hydroxylation is 1. The van der Waals surface area contributed by atoms with Gasteiger partial charge >= 0.3 is 0 Å². The molecular weight excluding hydrogens is 254 g/mol. The fraction of sp³-hybridized carbons (Fsp3) is 0.500. The van der Waals surface area contributed by atoms with Gasteiger partial charge < -0.3 is 10.1 Å². The Labute approximate surface area is 100 Å². The molecule has 0 amide bonds. The summed E-state index contributed by atoms with van der Waals surface area (Å²) in [4.78, 5) is 0. The van der Waals surface area contributed by atoms with E-state index < -0.39 is 0 Å². The van der Waals surface area contributed by atoms with Crippen LogP contribution < -0.4 is 5.32 Å². The number of ether oxygens (including phenoxy) is 1. The van der Waals surface area contributed by atoms with Crippen LogP contribution in [0, 0.1) is 6.92 Å². The van der Waals surface area contributed by atoms with Crippen LogP contribution in [0.2, 0.25) is 0 Å². The van der Waals surface area contributed by atoms with Crippen molar-refractivity contribution in [2.45, 2.75) is 26.3 Å². The number of methoxy groups -OCH3 is 1. The summed E-state index contributed by atoms with van der Waals surface area (Å²) in [6.45, 7) is 4.97. The van der Waals surface area contributed by atoms with Crippen LogP contribution in [0.15, 0.2) is 22.7 Å². The fourth-order valence-electron chi connectivity index (χ4n) is 1.42. The van der Waals surface area contributed by atoms with E-state index in [1.54, 1.807) is 7.11 Å². The van der Waals surface area contributed by atoms with Gasteiger partial charge in [0.1, 0.15) is 0 Å². The van der Waals surface area contributed by atoms with Crippen molar-refractivity contribution in [2.75, 3.05) is 19.0 Å². The maximum absolute atomic E-state index is 5.15. The van der Waals surface area contributed by atoms with E-state index in [0.29, 0.717) is 6.04 Å². The van der Waals surface area contributed by atoms with E-state index in [4.69, 9.17) is 4.74 Å². The smallest absolute Gasteiger partial charge is 0.0663 e. The summed E-state index contributed by atoms with van der Waals surface area (Å²) in [5, 5.41) is 3.45. The predicted octanol–water partition coefficient (Wildman–Crippen LogP) is 3.59. The van der Waals surface area contributed by atoms with Gasteiger partial charge in [-0.1, -0.05) is 13.0 Å². The molecule has 84 valence electrons. The zero-order chi connectivity index (χ0) is 11.3. The quantitative estimate of drug-likeness (QED) is 0.884. The van der Waals surface area contributed by atoms with Crippen molar-refractivity contribution in [3.05, 3.63) is 28.2 Å². The van der Waals surface area contributed by atoms with Crippen LogP contribution in [0.3, 0.4) is 0 Å². The third-order valence-corrected chi connectivity index (χ3v) is 3.00. The van der Waals surface area contributed by atoms with E-state index in [2.05, 4.69) is 53.3 Å². The van der Waals surface area contributed by atoms with Crippen LogP contribution in [0.4, 0.5) is 5.69 Å². The van der Waals surface area contributed by atoms with Gasteiger partial charge in [0.15, 0.2) is 0 Å². The van der Waals surface area contributed by atoms with Crippen molar-refractivity contribution in [3.63, 3.8) is 0 Å². The summed E-state index contributed by atoms with van der Waals surface area (Å²) in [7, 11) is 1.73. The second-order valence-electron chi connectivity index (χ2n) is 3.69. The molecule has 1 aromatic carbocycles. The minimum atomic E-state index is 0.369. The molecule has 1 unspecified atom stereocenters. The second-order valence-corrected chi connectivity index (χ2v) is 4.54. The minimum absolute atomic E-state index is 0.369. The molecule has 0 saturated carbocycles. The molecule has 0 aromatic heterocycles. The first-order valence-electron chi connectivity index (χ1n) is 5.19. The summed E-state index contributed by atoms with van der Waals surface area (Å²) in [5.41, 5.74) is 2.39. The molecular formula is C12H18BrNO. The van der Waals surface area contributed by atoms with E-state index in [0.717, 1.165) is 23.2 Å². The highest BCUT2D eigenvalue weighted by Gasteiger charge is 2.07. The molecule has 0 aliphatic rings. The zero-order valence-electron chi connectivity index (χ0n) is 9.51. The van der Waals surface area contributed by atoms with Crippen LogP contribution >= 0.6 is 15.9 Å². The van der Waals surface area contributed by atoms with Crippen molar-refractivity contribution in [1.29, 1.82) is 0 Å². The van der Waals surface area contributed by atoms with E-state index in [-0.39, 0.29) is 0 Å². The van der Waals surface area contributed by atoms with Crippen molar-refractivity contribution >= 4 is 21.6 Å². The lowest BCUT2D eigenvalue weighted by Crippen LogP contribution is -2.24. The lowest BCUT2D eigenvalue weighted by molar-refractivity contribution is 0.184. The normalized spacial score (nSPS) is 12.5. The first kappa shape index (κ1) is 12.5. The molecule has 1 N–H and O–H groups in total. The summed E-state index contributed by atoms with van der Waals surface area (Å²) < 4.78 is 6.26. The lowest BCUT2D eigenvalue weighted by atomic mass is 10.2. The Kier molecular flexibility index (Phi) is 5.12. The standard InChI is InChI=1S/C12H18BrNO/c1-4-10(8-15-3)14-12-6-5-9(2)7-11(12)13/h5-7,10,14H,4,8H2,1-3H3. The number of benzene rings is 1. The average Bonchev–Trinajstić information content (AvgIpc) is 2.21. The van der Waals surface area contributed by atoms with Crippen LogP contribution in [0.1, 0.15) is 18.9 Å². The molecule has 0 radical (unpaired) electrons. The maximum Gasteiger partial charge on any atom is 0.0663 e. The highest BCUT2D eigenvalue weighted by molar-refractivity contribution is 9.10. The fourth-order valence-corrected chi connectivity index (χ4v) is 2.03. The van der Waals surface area contributed by atoms with E-state index >= 15 is 0 Å². The minimum Gasteiger partial charge on any atom is -0.383 e. The van der Waals surface area contributed by atoms with Gasteiger partial charge in [0, 0.05) is 23.3 Å². The molecule has 0 aliphatic carbocycles. The van der Waals surface area contributed by atoms with Crippen LogP contribution in [0.5, 0.6) is 0 Å². The molecule has 0 saturated heterocycles. The van der Waals surface area contributed by atoms with Crippen molar-refractivity contribution < 1.29 is 4.74 Å². The number of hydrogen-bond donors (Lipinski definition) is 1. The number of halogens is 1. The Balaban J connectivity index is 2.70. The first-order valence-corrected chi connectivity index (χ1v) is 5.98. The Morgan fingerprint density at radius 3 is 2.73 bits per heavy atom. The summed E-state index contributed by atoms with van der Waals surface area (Å²) in [5.74, 6) is 0. The Bertz CT molecular complexity index is 314. The molecule has 15 heavy (non-hydrogen) atoms. The molecule has 1 rings (SSSR count). The van der Waals surface area contributed by atoms with Crippen LogP contribution in [0.25, 0.3) is 0 Å². The summed E-state index contributed by atoms with van der Waals surface area (Å²) in [6.07, 6.45) is 1.05. The predicted molar refractivity (Wildman–Crippen MR) is 68.5 cm³/mol. The van der Waals surface area contributed by atoms with Gasteiger partial charge in [0.25, 0.3) is 0 Å². The number of anilines is 1. The SMILES string of the molecule is CCC(COC)Nc1ccc(C)cc1Br. The number of hydrogen-bond acceptors (Lipinski definition) is 2. The zero-order valence-corrected chi connectivity index (χ0v) is 11.1. The van der Waals surface area contributed by atoms with E-state index in [9.17, 15) is 0 Å². The Morgan fingerprint density at radius 2 is 2.20 bits per heavy atom. The van der Waals surface area contributed by atoms with Crippen molar-refractivity contribution in [1.82, 2.24) is 0 Å². The molecule has 1 atom stereocenters. The van der Waals surface area contributed by atoms with Crippen LogP contribution in [-0.4, -0.2) is 19.8 Å². The van der Waals surface area contributed by atoms with Gasteiger partial charge in [-0.3, -0.25) is 0 Å². The maximum atomic E-state index is 5.15. The topological polar surface area (TPSA) is 21.3 Å². The molecule has 1 aromatic rings. The van der Waals surface area contributed by atoms with Gasteiger partial charge in [-0.25, -0.2) is 0 Å². The largest absolute Gasteiger partial charge is 0.383 e. The monoisotopic (exact) mass is 271 g/mol. The number of rotatable bonds is 5. The third kappa shape index (κ3) is 3.84. The molecule has 0 aliphatic heterocycles. The van der Waals surface area contributed by atoms with Gasteiger partial charge in [-0.2, -0.15) is 0 Å². The highest BCUT2D eigenvalue weighted by atomic mass is 79.9. The van der Waals surface area contributed by atoms with E-state index in [1.807, 2.05) is 0 Å². The third-order valence-electron chi connectivity index (χ3n) is 2.34. The molecule has 0 spiro atoms. The Hall–Kier alpha value is -0.540. The average molecular weight is 272 g/mol. The lowest BCUT2D eigenvalue weighted by Gasteiger charge is -2.18. The summed E-state index contributed by atoms with van der Waals surface area (Å²) >= 11 is 3.55. The Morgan fingerprint density at radius 1 is 1.47 bits per heavy atom. The molecule has 3 heteroatoms. The number of nitrogens with one attached hydrogen (secondary N) is 1. The van der Waals surface area contributed by atoms with Crippen molar-refractivity contribution in [3.8, 4) is 0 Å². The van der Waals surface area contributed by atoms with Gasteiger partial charge in [-0.05, 0) is 47.0 Å². The molecule has 0 bridgehead atoms. The van der Waals surface area contributed by atoms with Crippen LogP contribution in [-0.2, 0) is 4.74 Å².